The maximum absolute atomic E-state index is 14.3. The first-order valence-electron chi connectivity index (χ1n) is 11.0. The zero-order valence-electron chi connectivity index (χ0n) is 17.9. The van der Waals surface area contributed by atoms with Gasteiger partial charge >= 0.3 is 5.97 Å². The van der Waals surface area contributed by atoms with Gasteiger partial charge in [0.05, 0.1) is 24.7 Å². The van der Waals surface area contributed by atoms with Crippen LogP contribution in [0.4, 0.5) is 4.39 Å². The van der Waals surface area contributed by atoms with Crippen molar-refractivity contribution in [3.63, 3.8) is 0 Å². The molecule has 1 heterocycles. The van der Waals surface area contributed by atoms with Crippen LogP contribution < -0.4 is 9.47 Å². The Labute approximate surface area is 191 Å². The van der Waals surface area contributed by atoms with E-state index in [0.717, 1.165) is 35.1 Å². The summed E-state index contributed by atoms with van der Waals surface area (Å²) >= 11 is 0. The van der Waals surface area contributed by atoms with Crippen molar-refractivity contribution in [1.82, 2.24) is 0 Å². The van der Waals surface area contributed by atoms with Gasteiger partial charge in [0.2, 0.25) is 0 Å². The molecule has 33 heavy (non-hydrogen) atoms. The molecule has 0 spiro atoms. The predicted molar refractivity (Wildman–Crippen MR) is 119 cm³/mol. The molecule has 3 aromatic carbocycles. The number of carbonyl (C=O) groups is 1. The summed E-state index contributed by atoms with van der Waals surface area (Å²) in [6, 6.07) is 18.2. The number of fused-ring (bicyclic) bond motifs is 2. The van der Waals surface area contributed by atoms with E-state index in [9.17, 15) is 14.4 Å². The Hall–Kier alpha value is -3.85. The molecule has 0 saturated heterocycles. The minimum atomic E-state index is -0.845. The van der Waals surface area contributed by atoms with Crippen molar-refractivity contribution in [2.24, 2.45) is 0 Å². The molecule has 1 aliphatic carbocycles. The molecule has 1 N–H and O–H groups in total. The quantitative estimate of drug-likeness (QED) is 0.559. The second kappa shape index (κ2) is 8.59. The Bertz CT molecular complexity index is 1280. The van der Waals surface area contributed by atoms with E-state index in [1.807, 2.05) is 24.3 Å². The summed E-state index contributed by atoms with van der Waals surface area (Å²) in [7, 11) is 0. The largest absolute Gasteiger partial charge is 0.492 e. The van der Waals surface area contributed by atoms with Crippen LogP contribution in [0.3, 0.4) is 0 Å². The van der Waals surface area contributed by atoms with Gasteiger partial charge in [0, 0.05) is 24.0 Å². The number of nitriles is 1. The Balaban J connectivity index is 1.40. The highest BCUT2D eigenvalue weighted by Crippen LogP contribution is 2.42. The van der Waals surface area contributed by atoms with Gasteiger partial charge in [0.1, 0.15) is 23.4 Å². The third-order valence-electron chi connectivity index (χ3n) is 6.48. The molecule has 6 heteroatoms. The highest BCUT2D eigenvalue weighted by atomic mass is 19.1. The highest BCUT2D eigenvalue weighted by Gasteiger charge is 2.30. The van der Waals surface area contributed by atoms with Crippen LogP contribution in [0.2, 0.25) is 0 Å². The molecule has 166 valence electrons. The molecular formula is C27H22FNO4. The standard InChI is InChI=1S/C27H22FNO4/c28-24-4-2-1-3-16(24)11-23-17(14-29)5-7-22-21(23)9-10-25(22)33-19-6-8-20-18(12-27(30)31)15-32-26(20)13-19/h1-8,13,18,25H,9-12,15H2,(H,30,31)/t18?,25-/m1/s1. The SMILES string of the molecule is N#Cc1ccc2c(c1Cc1ccccc1F)CC[C@H]2Oc1ccc2c(c1)OCC2CC(=O)O. The van der Waals surface area contributed by atoms with Gasteiger partial charge in [-0.1, -0.05) is 30.3 Å². The summed E-state index contributed by atoms with van der Waals surface area (Å²) in [5.41, 5.74) is 4.96. The summed E-state index contributed by atoms with van der Waals surface area (Å²) in [5.74, 6) is 0.0510. The van der Waals surface area contributed by atoms with Crippen LogP contribution in [0.25, 0.3) is 0 Å². The maximum atomic E-state index is 14.3. The molecule has 3 aromatic rings. The second-order valence-corrected chi connectivity index (χ2v) is 8.49. The van der Waals surface area contributed by atoms with Gasteiger partial charge in [-0.3, -0.25) is 4.79 Å². The zero-order valence-corrected chi connectivity index (χ0v) is 17.9. The molecule has 0 bridgehead atoms. The Morgan fingerprint density at radius 3 is 2.79 bits per heavy atom. The lowest BCUT2D eigenvalue weighted by molar-refractivity contribution is -0.137. The number of ether oxygens (including phenoxy) is 2. The molecule has 5 rings (SSSR count). The van der Waals surface area contributed by atoms with Crippen LogP contribution in [0.5, 0.6) is 11.5 Å². The zero-order chi connectivity index (χ0) is 22.9. The normalized spacial score (nSPS) is 18.2. The number of hydrogen-bond donors (Lipinski definition) is 1. The van der Waals surface area contributed by atoms with Gasteiger partial charge in [-0.05, 0) is 53.3 Å². The number of benzene rings is 3. The average Bonchev–Trinajstić information content (AvgIpc) is 3.39. The summed E-state index contributed by atoms with van der Waals surface area (Å²) in [6.45, 7) is 0.355. The lowest BCUT2D eigenvalue weighted by atomic mass is 9.92. The minimum Gasteiger partial charge on any atom is -0.492 e. The van der Waals surface area contributed by atoms with Crippen molar-refractivity contribution >= 4 is 5.97 Å². The maximum Gasteiger partial charge on any atom is 0.304 e. The Morgan fingerprint density at radius 2 is 2.00 bits per heavy atom. The molecule has 0 fully saturated rings. The number of rotatable bonds is 6. The van der Waals surface area contributed by atoms with E-state index in [2.05, 4.69) is 6.07 Å². The average molecular weight is 443 g/mol. The monoisotopic (exact) mass is 443 g/mol. The lowest BCUT2D eigenvalue weighted by Crippen LogP contribution is -2.07. The first-order chi connectivity index (χ1) is 16.0. The third-order valence-corrected chi connectivity index (χ3v) is 6.48. The fourth-order valence-corrected chi connectivity index (χ4v) is 4.87. The highest BCUT2D eigenvalue weighted by molar-refractivity contribution is 5.68. The van der Waals surface area contributed by atoms with Gasteiger partial charge in [0.25, 0.3) is 0 Å². The van der Waals surface area contributed by atoms with E-state index in [0.29, 0.717) is 35.7 Å². The van der Waals surface area contributed by atoms with Gasteiger partial charge in [-0.2, -0.15) is 5.26 Å². The van der Waals surface area contributed by atoms with Gasteiger partial charge in [-0.15, -0.1) is 0 Å². The lowest BCUT2D eigenvalue weighted by Gasteiger charge is -2.17. The summed E-state index contributed by atoms with van der Waals surface area (Å²) in [6.07, 6.45) is 1.73. The van der Waals surface area contributed by atoms with E-state index in [1.54, 1.807) is 24.3 Å². The summed E-state index contributed by atoms with van der Waals surface area (Å²) < 4.78 is 26.3. The number of carboxylic acid groups (broad SMARTS) is 1. The summed E-state index contributed by atoms with van der Waals surface area (Å²) in [5, 5.41) is 18.7. The van der Waals surface area contributed by atoms with Gasteiger partial charge < -0.3 is 14.6 Å². The molecule has 0 aromatic heterocycles. The Kier molecular flexibility index (Phi) is 5.47. The van der Waals surface area contributed by atoms with Crippen molar-refractivity contribution in [3.8, 4) is 17.6 Å². The van der Waals surface area contributed by atoms with Crippen molar-refractivity contribution in [2.75, 3.05) is 6.61 Å². The van der Waals surface area contributed by atoms with Gasteiger partial charge in [-0.25, -0.2) is 4.39 Å². The second-order valence-electron chi connectivity index (χ2n) is 8.49. The first kappa shape index (κ1) is 21.0. The van der Waals surface area contributed by atoms with Crippen molar-refractivity contribution < 1.29 is 23.8 Å². The third kappa shape index (κ3) is 4.03. The van der Waals surface area contributed by atoms with Crippen LogP contribution in [-0.2, 0) is 17.6 Å². The van der Waals surface area contributed by atoms with E-state index in [1.165, 1.54) is 6.07 Å². The fourth-order valence-electron chi connectivity index (χ4n) is 4.87. The molecule has 5 nitrogen and oxygen atoms in total. The van der Waals surface area contributed by atoms with Crippen LogP contribution in [0, 0.1) is 17.1 Å². The summed E-state index contributed by atoms with van der Waals surface area (Å²) in [4.78, 5) is 11.1. The number of halogens is 1. The van der Waals surface area contributed by atoms with Gasteiger partial charge in [0.15, 0.2) is 0 Å². The number of nitrogens with zero attached hydrogens (tertiary/aromatic N) is 1. The number of carboxylic acids is 1. The smallest absolute Gasteiger partial charge is 0.304 e. The molecule has 2 aliphatic rings. The molecular weight excluding hydrogens is 421 g/mol. The fraction of sp³-hybridized carbons (Fsp3) is 0.259. The van der Waals surface area contributed by atoms with Crippen LogP contribution in [0.15, 0.2) is 54.6 Å². The molecule has 1 aliphatic heterocycles. The van der Waals surface area contributed by atoms with Crippen molar-refractivity contribution in [2.45, 2.75) is 37.7 Å². The van der Waals surface area contributed by atoms with Crippen molar-refractivity contribution in [3.05, 3.63) is 93.8 Å². The van der Waals surface area contributed by atoms with E-state index in [-0.39, 0.29) is 24.3 Å². The molecule has 0 radical (unpaired) electrons. The predicted octanol–water partition coefficient (Wildman–Crippen LogP) is 5.31. The number of hydrogen-bond acceptors (Lipinski definition) is 4. The molecule has 0 amide bonds. The van der Waals surface area contributed by atoms with E-state index < -0.39 is 5.97 Å². The van der Waals surface area contributed by atoms with E-state index in [4.69, 9.17) is 14.6 Å². The number of aliphatic carboxylic acids is 1. The van der Waals surface area contributed by atoms with Crippen molar-refractivity contribution in [1.29, 1.82) is 5.26 Å². The molecule has 0 saturated carbocycles. The first-order valence-corrected chi connectivity index (χ1v) is 11.0. The van der Waals surface area contributed by atoms with E-state index >= 15 is 0 Å². The van der Waals surface area contributed by atoms with Crippen LogP contribution in [0.1, 0.15) is 58.2 Å². The van der Waals surface area contributed by atoms with Crippen LogP contribution in [-0.4, -0.2) is 17.7 Å². The van der Waals surface area contributed by atoms with Crippen LogP contribution >= 0.6 is 0 Å². The molecule has 2 atom stereocenters. The topological polar surface area (TPSA) is 79.5 Å². The Morgan fingerprint density at radius 1 is 1.18 bits per heavy atom. The minimum absolute atomic E-state index is 0.0369. The molecule has 1 unspecified atom stereocenters.